The molecule has 3 heterocycles. The van der Waals surface area contributed by atoms with Gasteiger partial charge in [-0.1, -0.05) is 44.1 Å². The molecule has 0 aliphatic heterocycles. The minimum absolute atomic E-state index is 0.0546. The van der Waals surface area contributed by atoms with Gasteiger partial charge in [0.15, 0.2) is 17.5 Å². The molecule has 176 valence electrons. The molecule has 1 atom stereocenters. The molecule has 0 aliphatic carbocycles. The van der Waals surface area contributed by atoms with Gasteiger partial charge in [0.1, 0.15) is 29.5 Å². The summed E-state index contributed by atoms with van der Waals surface area (Å²) in [4.78, 5) is 19.9. The van der Waals surface area contributed by atoms with E-state index < -0.39 is 29.1 Å². The number of aromatic nitrogens is 5. The van der Waals surface area contributed by atoms with Gasteiger partial charge in [0, 0.05) is 11.6 Å². The van der Waals surface area contributed by atoms with E-state index in [4.69, 9.17) is 4.52 Å². The molecule has 0 amide bonds. The van der Waals surface area contributed by atoms with E-state index in [2.05, 4.69) is 25.5 Å². The van der Waals surface area contributed by atoms with E-state index in [9.17, 15) is 18.7 Å². The highest BCUT2D eigenvalue weighted by Gasteiger charge is 2.32. The molecule has 34 heavy (non-hydrogen) atoms. The average Bonchev–Trinajstić information content (AvgIpc) is 3.43. The Labute approximate surface area is 193 Å². The van der Waals surface area contributed by atoms with Gasteiger partial charge in [0.25, 0.3) is 0 Å². The maximum absolute atomic E-state index is 14.5. The fourth-order valence-electron chi connectivity index (χ4n) is 3.36. The summed E-state index contributed by atoms with van der Waals surface area (Å²) in [6, 6.07) is 8.44. The first kappa shape index (κ1) is 23.0. The van der Waals surface area contributed by atoms with Gasteiger partial charge < -0.3 is 14.9 Å². The van der Waals surface area contributed by atoms with E-state index in [1.807, 2.05) is 0 Å². The lowest BCUT2D eigenvalue weighted by atomic mass is 9.87. The number of nitrogens with one attached hydrogen (secondary N) is 1. The molecule has 0 spiro atoms. The molecule has 0 bridgehead atoms. The summed E-state index contributed by atoms with van der Waals surface area (Å²) >= 11 is 0. The van der Waals surface area contributed by atoms with E-state index in [0.29, 0.717) is 17.0 Å². The van der Waals surface area contributed by atoms with Crippen molar-refractivity contribution < 1.29 is 23.2 Å². The lowest BCUT2D eigenvalue weighted by Crippen LogP contribution is -2.41. The van der Waals surface area contributed by atoms with Gasteiger partial charge >= 0.3 is 5.97 Å². The monoisotopic (exact) mass is 468 g/mol. The van der Waals surface area contributed by atoms with Crippen LogP contribution in [0.4, 0.5) is 14.6 Å². The van der Waals surface area contributed by atoms with E-state index in [1.54, 1.807) is 51.1 Å². The topological polar surface area (TPSA) is 119 Å². The quantitative estimate of drug-likeness (QED) is 0.414. The summed E-state index contributed by atoms with van der Waals surface area (Å²) in [6.07, 6.45) is 2.34. The van der Waals surface area contributed by atoms with Gasteiger partial charge in [-0.25, -0.2) is 23.5 Å². The predicted molar refractivity (Wildman–Crippen MR) is 119 cm³/mol. The van der Waals surface area contributed by atoms with Crippen LogP contribution in [-0.2, 0) is 11.3 Å². The molecule has 1 aromatic carbocycles. The van der Waals surface area contributed by atoms with Crippen molar-refractivity contribution >= 4 is 11.8 Å². The predicted octanol–water partition coefficient (Wildman–Crippen LogP) is 4.23. The van der Waals surface area contributed by atoms with Gasteiger partial charge in [-0.15, -0.1) is 0 Å². The molecular formula is C23H22F2N6O3. The maximum Gasteiger partial charge on any atom is 0.326 e. The van der Waals surface area contributed by atoms with Gasteiger partial charge in [0.2, 0.25) is 0 Å². The molecule has 0 saturated heterocycles. The number of nitrogens with zero attached hydrogens (tertiary/aromatic N) is 5. The van der Waals surface area contributed by atoms with Crippen molar-refractivity contribution in [2.24, 2.45) is 5.41 Å². The second kappa shape index (κ2) is 9.00. The molecule has 4 aromatic rings. The largest absolute Gasteiger partial charge is 0.480 e. The normalized spacial score (nSPS) is 12.5. The van der Waals surface area contributed by atoms with E-state index >= 15 is 0 Å². The first-order valence-corrected chi connectivity index (χ1v) is 10.4. The van der Waals surface area contributed by atoms with Crippen LogP contribution in [0.3, 0.4) is 0 Å². The molecule has 0 radical (unpaired) electrons. The van der Waals surface area contributed by atoms with Crippen LogP contribution in [0.1, 0.15) is 26.3 Å². The van der Waals surface area contributed by atoms with Crippen LogP contribution < -0.4 is 5.32 Å². The van der Waals surface area contributed by atoms with E-state index in [1.165, 1.54) is 17.0 Å². The standard InChI is InChI=1S/C23H22F2N6O3/c1-23(2,3)19(22(32)33)27-20-15(25)11-26-21(28-20)17-10-18(16-8-9-34-30-16)31(29-17)12-13-6-4-5-7-14(13)24/h4-11,19H,12H2,1-3H3,(H,32,33)(H,26,27,28)/t19-/m1/s1. The lowest BCUT2D eigenvalue weighted by Gasteiger charge is -2.28. The number of carboxylic acid groups (broad SMARTS) is 1. The Morgan fingerprint density at radius 1 is 1.18 bits per heavy atom. The first-order valence-electron chi connectivity index (χ1n) is 10.4. The van der Waals surface area contributed by atoms with Crippen LogP contribution in [0.2, 0.25) is 0 Å². The summed E-state index contributed by atoms with van der Waals surface area (Å²) in [5, 5.41) is 20.6. The minimum Gasteiger partial charge on any atom is -0.480 e. The van der Waals surface area contributed by atoms with Crippen LogP contribution in [0, 0.1) is 17.0 Å². The number of rotatable bonds is 7. The Balaban J connectivity index is 1.74. The number of carboxylic acids is 1. The van der Waals surface area contributed by atoms with E-state index in [-0.39, 0.29) is 23.9 Å². The molecule has 0 fully saturated rings. The van der Waals surface area contributed by atoms with Crippen molar-refractivity contribution in [1.82, 2.24) is 24.9 Å². The van der Waals surface area contributed by atoms with Crippen LogP contribution in [-0.4, -0.2) is 42.0 Å². The summed E-state index contributed by atoms with van der Waals surface area (Å²) in [7, 11) is 0. The third-order valence-corrected chi connectivity index (χ3v) is 5.13. The third-order valence-electron chi connectivity index (χ3n) is 5.13. The number of halogens is 2. The summed E-state index contributed by atoms with van der Waals surface area (Å²) in [5.74, 6) is -2.55. The van der Waals surface area contributed by atoms with Crippen LogP contribution in [0.15, 0.2) is 53.4 Å². The average molecular weight is 468 g/mol. The number of hydrogen-bond acceptors (Lipinski definition) is 7. The Hall–Kier alpha value is -4.15. The molecule has 11 heteroatoms. The first-order chi connectivity index (χ1) is 16.1. The SMILES string of the molecule is CC(C)(C)[C@H](Nc1nc(-c2cc(-c3ccon3)n(Cc3ccccc3F)n2)ncc1F)C(=O)O. The lowest BCUT2D eigenvalue weighted by molar-refractivity contribution is -0.140. The number of aliphatic carboxylic acids is 1. The highest BCUT2D eigenvalue weighted by atomic mass is 19.1. The van der Waals surface area contributed by atoms with Crippen LogP contribution in [0.25, 0.3) is 22.9 Å². The fourth-order valence-corrected chi connectivity index (χ4v) is 3.36. The summed E-state index contributed by atoms with van der Waals surface area (Å²) in [6.45, 7) is 5.24. The van der Waals surface area contributed by atoms with Crippen molar-refractivity contribution in [3.8, 4) is 22.9 Å². The van der Waals surface area contributed by atoms with Crippen molar-refractivity contribution in [3.63, 3.8) is 0 Å². The van der Waals surface area contributed by atoms with E-state index in [0.717, 1.165) is 6.20 Å². The Morgan fingerprint density at radius 3 is 2.59 bits per heavy atom. The highest BCUT2D eigenvalue weighted by molar-refractivity contribution is 5.78. The maximum atomic E-state index is 14.5. The molecule has 4 rings (SSSR count). The Bertz CT molecular complexity index is 1310. The molecular weight excluding hydrogens is 446 g/mol. The second-order valence-corrected chi connectivity index (χ2v) is 8.72. The summed E-state index contributed by atoms with van der Waals surface area (Å²) < 4.78 is 35.2. The molecule has 2 N–H and O–H groups in total. The van der Waals surface area contributed by atoms with Crippen LogP contribution >= 0.6 is 0 Å². The fraction of sp³-hybridized carbons (Fsp3) is 0.261. The van der Waals surface area contributed by atoms with Gasteiger partial charge in [-0.3, -0.25) is 4.68 Å². The number of anilines is 1. The van der Waals surface area contributed by atoms with Gasteiger partial charge in [0.05, 0.1) is 18.4 Å². The van der Waals surface area contributed by atoms with Crippen molar-refractivity contribution in [2.75, 3.05) is 5.32 Å². The van der Waals surface area contributed by atoms with Crippen molar-refractivity contribution in [2.45, 2.75) is 33.4 Å². The summed E-state index contributed by atoms with van der Waals surface area (Å²) in [5.41, 5.74) is 0.908. The highest BCUT2D eigenvalue weighted by Crippen LogP contribution is 2.28. The zero-order valence-electron chi connectivity index (χ0n) is 18.7. The van der Waals surface area contributed by atoms with Gasteiger partial charge in [-0.05, 0) is 17.5 Å². The molecule has 9 nitrogen and oxygen atoms in total. The third kappa shape index (κ3) is 4.77. The van der Waals surface area contributed by atoms with Crippen molar-refractivity contribution in [1.29, 1.82) is 0 Å². The zero-order chi connectivity index (χ0) is 24.5. The molecule has 0 unspecified atom stereocenters. The smallest absolute Gasteiger partial charge is 0.326 e. The Kier molecular flexibility index (Phi) is 6.10. The zero-order valence-corrected chi connectivity index (χ0v) is 18.7. The molecule has 0 saturated carbocycles. The number of benzene rings is 1. The van der Waals surface area contributed by atoms with Gasteiger partial charge in [-0.2, -0.15) is 5.10 Å². The van der Waals surface area contributed by atoms with Crippen LogP contribution in [0.5, 0.6) is 0 Å². The number of carbonyl (C=O) groups is 1. The Morgan fingerprint density at radius 2 is 1.94 bits per heavy atom. The van der Waals surface area contributed by atoms with Crippen molar-refractivity contribution in [3.05, 3.63) is 66.1 Å². The molecule has 3 aromatic heterocycles. The second-order valence-electron chi connectivity index (χ2n) is 8.72. The number of hydrogen-bond donors (Lipinski definition) is 2. The minimum atomic E-state index is -1.14. The molecule has 0 aliphatic rings.